The van der Waals surface area contributed by atoms with Crippen molar-refractivity contribution >= 4 is 49.3 Å². The molecule has 7 heteroatoms. The van der Waals surface area contributed by atoms with Crippen LogP contribution in [0.2, 0.25) is 0 Å². The number of rotatable bonds is 7. The molecule has 10 aromatic carbocycles. The van der Waals surface area contributed by atoms with Gasteiger partial charge in [-0.05, 0) is 220 Å². The lowest BCUT2D eigenvalue weighted by Crippen LogP contribution is -2.07. The third-order valence-corrected chi connectivity index (χ3v) is 16.8. The highest BCUT2D eigenvalue weighted by molar-refractivity contribution is 6.14. The van der Waals surface area contributed by atoms with Gasteiger partial charge < -0.3 is 9.13 Å². The van der Waals surface area contributed by atoms with E-state index < -0.39 is 11.7 Å². The van der Waals surface area contributed by atoms with Crippen molar-refractivity contribution in [3.63, 3.8) is 0 Å². The summed E-state index contributed by atoms with van der Waals surface area (Å²) < 4.78 is 49.2. The van der Waals surface area contributed by atoms with Gasteiger partial charge in [0.2, 0.25) is 0 Å². The third-order valence-electron chi connectivity index (χ3n) is 16.8. The molecule has 12 aromatic rings. The van der Waals surface area contributed by atoms with Crippen molar-refractivity contribution in [2.24, 2.45) is 0 Å². The third kappa shape index (κ3) is 8.75. The summed E-state index contributed by atoms with van der Waals surface area (Å²) >= 11 is 0. The lowest BCUT2D eigenvalue weighted by molar-refractivity contribution is -0.137. The molecule has 0 fully saturated rings. The van der Waals surface area contributed by atoms with E-state index in [1.807, 2.05) is 12.1 Å². The Labute approximate surface area is 477 Å². The Morgan fingerprint density at radius 2 is 0.671 bits per heavy atom. The fourth-order valence-corrected chi connectivity index (χ4v) is 14.0. The summed E-state index contributed by atoms with van der Waals surface area (Å²) in [5, 5.41) is 15.3. The first-order chi connectivity index (χ1) is 39.1. The van der Waals surface area contributed by atoms with Crippen molar-refractivity contribution in [1.29, 1.82) is 5.26 Å². The van der Waals surface area contributed by atoms with Gasteiger partial charge in [-0.1, -0.05) is 131 Å². The van der Waals surface area contributed by atoms with Gasteiger partial charge in [0.15, 0.2) is 5.69 Å². The van der Waals surface area contributed by atoms with E-state index in [1.165, 1.54) is 28.3 Å². The number of hydrogen-bond acceptors (Lipinski definition) is 1. The van der Waals surface area contributed by atoms with E-state index in [0.29, 0.717) is 28.1 Å². The molecule has 0 saturated carbocycles. The second kappa shape index (κ2) is 19.7. The van der Waals surface area contributed by atoms with Crippen LogP contribution >= 0.6 is 0 Å². The molecule has 0 saturated heterocycles. The molecule has 0 aliphatic rings. The molecule has 0 atom stereocenters. The Kier molecular flexibility index (Phi) is 12.8. The highest BCUT2D eigenvalue weighted by Gasteiger charge is 2.33. The van der Waals surface area contributed by atoms with Crippen LogP contribution in [-0.4, -0.2) is 9.13 Å². The fourth-order valence-electron chi connectivity index (χ4n) is 14.0. The SMILES string of the molecule is [C-]#[N+]c1cc(C(F)(F)F)ccc1-c1c(-n2c3cc(-c4c(C)cc(C)cc4C)ccc3c3ccc(-c4c(C)cc(C)cc4C)cc32)cc(C#N)cc1-n1c2cc(-c3c(C)cc(C)cc3C)ccc2c2ccc(-c3c(C)cc(C)cc3C)cc21. The zero-order chi connectivity index (χ0) is 58.0. The van der Waals surface area contributed by atoms with Gasteiger partial charge in [0.25, 0.3) is 0 Å². The summed E-state index contributed by atoms with van der Waals surface area (Å²) in [6.07, 6.45) is -4.72. The Morgan fingerprint density at radius 3 is 0.927 bits per heavy atom. The molecule has 0 spiro atoms. The van der Waals surface area contributed by atoms with E-state index >= 15 is 0 Å². The number of aromatic nitrogens is 2. The van der Waals surface area contributed by atoms with Gasteiger partial charge in [0.1, 0.15) is 0 Å². The van der Waals surface area contributed by atoms with Crippen molar-refractivity contribution in [2.75, 3.05) is 0 Å². The van der Waals surface area contributed by atoms with Crippen molar-refractivity contribution in [1.82, 2.24) is 9.13 Å². The summed E-state index contributed by atoms with van der Waals surface area (Å²) in [5.41, 5.74) is 26.6. The molecule has 2 heterocycles. The van der Waals surface area contributed by atoms with Crippen LogP contribution in [0.1, 0.15) is 77.9 Å². The number of hydrogen-bond donors (Lipinski definition) is 0. The van der Waals surface area contributed by atoms with Crippen LogP contribution in [0.3, 0.4) is 0 Å². The van der Waals surface area contributed by atoms with Crippen molar-refractivity contribution in [3.05, 3.63) is 241 Å². The van der Waals surface area contributed by atoms with Gasteiger partial charge in [0.05, 0.1) is 51.6 Å². The monoisotopic (exact) mass is 1070 g/mol. The van der Waals surface area contributed by atoms with Gasteiger partial charge >= 0.3 is 6.18 Å². The van der Waals surface area contributed by atoms with Crippen LogP contribution in [0.25, 0.3) is 115 Å². The number of nitriles is 1. The van der Waals surface area contributed by atoms with Crippen LogP contribution in [0.4, 0.5) is 18.9 Å². The Morgan fingerprint density at radius 1 is 0.378 bits per heavy atom. The first-order valence-electron chi connectivity index (χ1n) is 27.8. The molecule has 0 radical (unpaired) electrons. The minimum Gasteiger partial charge on any atom is -0.309 e. The maximum Gasteiger partial charge on any atom is 0.415 e. The van der Waals surface area contributed by atoms with Gasteiger partial charge in [0, 0.05) is 32.7 Å². The molecule has 0 amide bonds. The maximum absolute atomic E-state index is 14.9. The zero-order valence-corrected chi connectivity index (χ0v) is 48.4. The number of aryl methyl sites for hydroxylation is 12. The summed E-state index contributed by atoms with van der Waals surface area (Å²) in [6, 6.07) is 53.6. The van der Waals surface area contributed by atoms with Gasteiger partial charge in [-0.15, -0.1) is 0 Å². The predicted molar refractivity (Wildman–Crippen MR) is 335 cm³/mol. The average Bonchev–Trinajstić information content (AvgIpc) is 1.81. The predicted octanol–water partition coefficient (Wildman–Crippen LogP) is 21.4. The first-order valence-corrected chi connectivity index (χ1v) is 27.8. The number of halogens is 3. The lowest BCUT2D eigenvalue weighted by Gasteiger charge is -2.23. The lowest BCUT2D eigenvalue weighted by atomic mass is 9.92. The largest absolute Gasteiger partial charge is 0.415 e. The molecule has 82 heavy (non-hydrogen) atoms. The topological polar surface area (TPSA) is 38.0 Å². The van der Waals surface area contributed by atoms with Crippen LogP contribution in [0.5, 0.6) is 0 Å². The van der Waals surface area contributed by atoms with Crippen LogP contribution < -0.4 is 0 Å². The highest BCUT2D eigenvalue weighted by atomic mass is 19.4. The van der Waals surface area contributed by atoms with Crippen molar-refractivity contribution in [2.45, 2.75) is 89.3 Å². The second-order valence-electron chi connectivity index (χ2n) is 23.0. The van der Waals surface area contributed by atoms with E-state index in [0.717, 1.165) is 145 Å². The van der Waals surface area contributed by atoms with E-state index in [2.05, 4.69) is 224 Å². The molecular weight excluding hydrogens is 1010 g/mol. The van der Waals surface area contributed by atoms with E-state index in [9.17, 15) is 18.4 Å². The van der Waals surface area contributed by atoms with Crippen LogP contribution in [-0.2, 0) is 6.18 Å². The molecule has 12 rings (SSSR count). The summed E-state index contributed by atoms with van der Waals surface area (Å²) in [5.74, 6) is 0. The quantitative estimate of drug-likeness (QED) is 0.147. The Bertz CT molecular complexity index is 4250. The second-order valence-corrected chi connectivity index (χ2v) is 23.0. The van der Waals surface area contributed by atoms with E-state index in [-0.39, 0.29) is 5.69 Å². The van der Waals surface area contributed by atoms with Crippen LogP contribution in [0.15, 0.2) is 152 Å². The number of fused-ring (bicyclic) bond motifs is 6. The van der Waals surface area contributed by atoms with Gasteiger partial charge in [-0.2, -0.15) is 18.4 Å². The summed E-state index contributed by atoms with van der Waals surface area (Å²) in [4.78, 5) is 3.95. The normalized spacial score (nSPS) is 11.8. The smallest absolute Gasteiger partial charge is 0.309 e. The molecule has 0 aliphatic carbocycles. The van der Waals surface area contributed by atoms with Crippen LogP contribution in [0, 0.1) is 101 Å². The Balaban J connectivity index is 1.30. The van der Waals surface area contributed by atoms with Crippen molar-refractivity contribution < 1.29 is 13.2 Å². The Hall–Kier alpha value is -9.43. The minimum atomic E-state index is -4.72. The molecule has 4 nitrogen and oxygen atoms in total. The van der Waals surface area contributed by atoms with E-state index in [1.54, 1.807) is 0 Å². The number of nitrogens with zero attached hydrogens (tertiary/aromatic N) is 4. The summed E-state index contributed by atoms with van der Waals surface area (Å²) in [6.45, 7) is 34.2. The fraction of sp³-hybridized carbons (Fsp3) is 0.173. The molecule has 2 aromatic heterocycles. The number of alkyl halides is 3. The zero-order valence-electron chi connectivity index (χ0n) is 48.4. The maximum atomic E-state index is 14.9. The molecular formula is C75H61F3N4. The van der Waals surface area contributed by atoms with Gasteiger partial charge in [-0.3, -0.25) is 0 Å². The average molecular weight is 1080 g/mol. The first kappa shape index (κ1) is 53.2. The minimum absolute atomic E-state index is 0.167. The summed E-state index contributed by atoms with van der Waals surface area (Å²) in [7, 11) is 0. The molecule has 0 aliphatic heterocycles. The van der Waals surface area contributed by atoms with Crippen molar-refractivity contribution in [3.8, 4) is 73.1 Å². The standard InChI is InChI=1S/C75H61F3N4/c1-40-24-44(5)70(45(6)25-40)53-14-19-58-59-20-15-54(71-46(7)26-41(2)27-47(71)8)35-65(59)81(64(58)34-53)68-32-52(39-79)33-69(74(68)62-23-18-57(75(76,77)78)38-63(62)80-13)82-66-36-55(72-48(9)28-42(3)29-49(72)10)16-21-60(66)61-22-17-56(37-67(61)82)73-50(11)30-43(4)31-51(73)12/h14-38H,1-12H3. The van der Waals surface area contributed by atoms with E-state index in [4.69, 9.17) is 6.57 Å². The molecule has 0 N–H and O–H groups in total. The van der Waals surface area contributed by atoms with Gasteiger partial charge in [-0.25, -0.2) is 4.85 Å². The molecule has 402 valence electrons. The highest BCUT2D eigenvalue weighted by Crippen LogP contribution is 2.49. The molecule has 0 unspecified atom stereocenters. The molecule has 0 bridgehead atoms. The number of benzene rings is 10.